The Bertz CT molecular complexity index is 998. The topological polar surface area (TPSA) is 88.6 Å². The van der Waals surface area contributed by atoms with Gasteiger partial charge in [0.1, 0.15) is 17.6 Å². The second-order valence-electron chi connectivity index (χ2n) is 6.12. The molecular formula is C18H16ClN3O4S. The third-order valence-corrected chi connectivity index (χ3v) is 5.19. The van der Waals surface area contributed by atoms with Crippen molar-refractivity contribution in [3.05, 3.63) is 62.5 Å². The number of nitrogens with zero attached hydrogens (tertiary/aromatic N) is 2. The zero-order chi connectivity index (χ0) is 19.9. The molecule has 0 amide bonds. The number of Topliss-reactive ketones (excluding diaryl/α,β-unsaturated/α-hetero) is 1. The van der Waals surface area contributed by atoms with E-state index in [1.807, 2.05) is 6.92 Å². The summed E-state index contributed by atoms with van der Waals surface area (Å²) in [4.78, 5) is 24.4. The highest BCUT2D eigenvalue weighted by atomic mass is 35.5. The maximum atomic E-state index is 12.2. The van der Waals surface area contributed by atoms with Gasteiger partial charge in [0.15, 0.2) is 10.9 Å². The maximum Gasteiger partial charge on any atom is 0.270 e. The Morgan fingerprint density at radius 2 is 2.07 bits per heavy atom. The molecule has 140 valence electrons. The fourth-order valence-corrected chi connectivity index (χ4v) is 3.44. The van der Waals surface area contributed by atoms with Crippen LogP contribution in [-0.2, 0) is 4.79 Å². The monoisotopic (exact) mass is 405 g/mol. The van der Waals surface area contributed by atoms with E-state index in [2.05, 4.69) is 5.32 Å². The third-order valence-electron chi connectivity index (χ3n) is 4.47. The molecule has 0 radical (unpaired) electrons. The van der Waals surface area contributed by atoms with Crippen molar-refractivity contribution in [3.63, 3.8) is 0 Å². The number of hydrogen-bond acceptors (Lipinski definition) is 5. The lowest BCUT2D eigenvalue weighted by Gasteiger charge is -2.34. The fraction of sp³-hybridized carbons (Fsp3) is 0.222. The molecule has 1 N–H and O–H groups in total. The van der Waals surface area contributed by atoms with Crippen LogP contribution in [0.5, 0.6) is 0 Å². The van der Waals surface area contributed by atoms with Gasteiger partial charge in [-0.1, -0.05) is 11.6 Å². The van der Waals surface area contributed by atoms with E-state index in [9.17, 15) is 14.9 Å². The van der Waals surface area contributed by atoms with Gasteiger partial charge in [0, 0.05) is 36.0 Å². The number of carbonyl (C=O) groups is 1. The van der Waals surface area contributed by atoms with Gasteiger partial charge in [-0.3, -0.25) is 14.9 Å². The summed E-state index contributed by atoms with van der Waals surface area (Å²) in [6.07, 6.45) is 0. The number of thiocarbonyl (C=S) groups is 1. The zero-order valence-corrected chi connectivity index (χ0v) is 16.4. The lowest BCUT2D eigenvalue weighted by Crippen LogP contribution is -2.45. The number of non-ortho nitro benzene ring substituents is 1. The summed E-state index contributed by atoms with van der Waals surface area (Å²) in [5, 5.41) is 14.9. The number of hydrogen-bond donors (Lipinski definition) is 1. The molecule has 2 aromatic rings. The molecule has 0 saturated carbocycles. The normalized spacial score (nSPS) is 17.1. The van der Waals surface area contributed by atoms with Crippen LogP contribution in [0.2, 0.25) is 5.02 Å². The molecule has 9 heteroatoms. The minimum Gasteiger partial charge on any atom is -0.458 e. The number of nitro groups is 1. The Hall–Kier alpha value is -2.71. The van der Waals surface area contributed by atoms with E-state index in [0.29, 0.717) is 32.8 Å². The van der Waals surface area contributed by atoms with Crippen LogP contribution in [0.15, 0.2) is 46.0 Å². The van der Waals surface area contributed by atoms with Gasteiger partial charge in [-0.2, -0.15) is 0 Å². The minimum absolute atomic E-state index is 0.0916. The molecule has 0 saturated heterocycles. The van der Waals surface area contributed by atoms with Gasteiger partial charge in [-0.15, -0.1) is 0 Å². The van der Waals surface area contributed by atoms with Crippen molar-refractivity contribution >= 4 is 40.4 Å². The molecule has 0 spiro atoms. The Kier molecular flexibility index (Phi) is 5.03. The highest BCUT2D eigenvalue weighted by molar-refractivity contribution is 7.80. The number of rotatable bonds is 4. The summed E-state index contributed by atoms with van der Waals surface area (Å²) in [6.45, 7) is 3.30. The van der Waals surface area contributed by atoms with E-state index in [4.69, 9.17) is 28.2 Å². The van der Waals surface area contributed by atoms with Crippen LogP contribution < -0.4 is 5.32 Å². The van der Waals surface area contributed by atoms with E-state index in [1.165, 1.54) is 25.1 Å². The van der Waals surface area contributed by atoms with Crippen LogP contribution in [0.1, 0.15) is 25.6 Å². The zero-order valence-electron chi connectivity index (χ0n) is 14.8. The highest BCUT2D eigenvalue weighted by Crippen LogP contribution is 2.36. The summed E-state index contributed by atoms with van der Waals surface area (Å²) >= 11 is 11.5. The highest BCUT2D eigenvalue weighted by Gasteiger charge is 2.32. The van der Waals surface area contributed by atoms with Crippen molar-refractivity contribution in [1.29, 1.82) is 0 Å². The smallest absolute Gasteiger partial charge is 0.270 e. The molecule has 3 rings (SSSR count). The van der Waals surface area contributed by atoms with Crippen molar-refractivity contribution in [2.45, 2.75) is 19.9 Å². The Morgan fingerprint density at radius 3 is 2.70 bits per heavy atom. The van der Waals surface area contributed by atoms with E-state index in [1.54, 1.807) is 24.1 Å². The molecule has 1 aromatic heterocycles. The van der Waals surface area contributed by atoms with Crippen molar-refractivity contribution in [1.82, 2.24) is 10.2 Å². The number of furan rings is 1. The van der Waals surface area contributed by atoms with Gasteiger partial charge < -0.3 is 14.6 Å². The van der Waals surface area contributed by atoms with Gasteiger partial charge in [-0.25, -0.2) is 0 Å². The van der Waals surface area contributed by atoms with E-state index in [0.717, 1.165) is 5.70 Å². The van der Waals surface area contributed by atoms with Gasteiger partial charge >= 0.3 is 0 Å². The Labute approximate surface area is 165 Å². The SMILES string of the molecule is CC(=O)C1=C(C)N(C)C(=S)N[C@H]1c1ccc(-c2cc([N+](=O)[O-])ccc2Cl)o1. The van der Waals surface area contributed by atoms with E-state index in [-0.39, 0.29) is 11.5 Å². The number of halogens is 1. The number of benzene rings is 1. The van der Waals surface area contributed by atoms with Crippen molar-refractivity contribution in [3.8, 4) is 11.3 Å². The quantitative estimate of drug-likeness (QED) is 0.462. The molecule has 7 nitrogen and oxygen atoms in total. The molecular weight excluding hydrogens is 390 g/mol. The molecule has 2 heterocycles. The lowest BCUT2D eigenvalue weighted by molar-refractivity contribution is -0.384. The minimum atomic E-state index is -0.544. The molecule has 1 aromatic carbocycles. The first kappa shape index (κ1) is 19.1. The second-order valence-corrected chi connectivity index (χ2v) is 6.91. The molecule has 0 bridgehead atoms. The summed E-state index contributed by atoms with van der Waals surface area (Å²) < 4.78 is 5.90. The average molecular weight is 406 g/mol. The van der Waals surface area contributed by atoms with E-state index < -0.39 is 11.0 Å². The molecule has 27 heavy (non-hydrogen) atoms. The summed E-state index contributed by atoms with van der Waals surface area (Å²) in [5.41, 5.74) is 1.59. The number of nitro benzene ring substituents is 1. The van der Waals surface area contributed by atoms with Crippen LogP contribution in [0.25, 0.3) is 11.3 Å². The Morgan fingerprint density at radius 1 is 1.37 bits per heavy atom. The Balaban J connectivity index is 2.06. The van der Waals surface area contributed by atoms with Crippen molar-refractivity contribution in [2.24, 2.45) is 0 Å². The summed E-state index contributed by atoms with van der Waals surface area (Å²) in [5.74, 6) is 0.726. The molecule has 1 aliphatic rings. The lowest BCUT2D eigenvalue weighted by atomic mass is 9.97. The largest absolute Gasteiger partial charge is 0.458 e. The molecule has 1 aliphatic heterocycles. The second kappa shape index (κ2) is 7.13. The first-order valence-electron chi connectivity index (χ1n) is 8.00. The predicted molar refractivity (Wildman–Crippen MR) is 105 cm³/mol. The van der Waals surface area contributed by atoms with Crippen LogP contribution in [0, 0.1) is 10.1 Å². The van der Waals surface area contributed by atoms with Crippen LogP contribution >= 0.6 is 23.8 Å². The van der Waals surface area contributed by atoms with Crippen molar-refractivity contribution < 1.29 is 14.1 Å². The first-order valence-corrected chi connectivity index (χ1v) is 8.79. The number of carbonyl (C=O) groups excluding carboxylic acids is 1. The fourth-order valence-electron chi connectivity index (χ4n) is 2.97. The summed E-state index contributed by atoms with van der Waals surface area (Å²) in [7, 11) is 1.78. The maximum absolute atomic E-state index is 12.2. The molecule has 0 unspecified atom stereocenters. The first-order chi connectivity index (χ1) is 12.7. The molecule has 0 fully saturated rings. The average Bonchev–Trinajstić information content (AvgIpc) is 3.08. The van der Waals surface area contributed by atoms with Gasteiger partial charge in [0.05, 0.1) is 9.95 Å². The standard InChI is InChI=1S/C18H16ClN3O4S/c1-9-16(10(2)23)17(20-18(27)21(9)3)15-7-6-14(26-15)12-8-11(22(24)25)4-5-13(12)19/h4-8,17H,1-3H3,(H,20,27)/t17-/m0/s1. The van der Waals surface area contributed by atoms with Gasteiger partial charge in [0.25, 0.3) is 5.69 Å². The number of nitrogens with one attached hydrogen (secondary N) is 1. The molecule has 0 aliphatic carbocycles. The van der Waals surface area contributed by atoms with Crippen LogP contribution in [-0.4, -0.2) is 27.8 Å². The van der Waals surface area contributed by atoms with Crippen LogP contribution in [0.3, 0.4) is 0 Å². The predicted octanol–water partition coefficient (Wildman–Crippen LogP) is 4.23. The summed E-state index contributed by atoms with van der Waals surface area (Å²) in [6, 6.07) is 6.95. The van der Waals surface area contributed by atoms with E-state index >= 15 is 0 Å². The third kappa shape index (κ3) is 3.45. The van der Waals surface area contributed by atoms with Gasteiger partial charge in [0.2, 0.25) is 0 Å². The van der Waals surface area contributed by atoms with Crippen LogP contribution in [0.4, 0.5) is 5.69 Å². The van der Waals surface area contributed by atoms with Crippen molar-refractivity contribution in [2.75, 3.05) is 7.05 Å². The van der Waals surface area contributed by atoms with Gasteiger partial charge in [-0.05, 0) is 44.3 Å². The number of ketones is 1. The molecule has 1 atom stereocenters. The number of allylic oxidation sites excluding steroid dienone is 1.